The molecule has 0 aromatic heterocycles. The normalized spacial score (nSPS) is 10.2. The van der Waals surface area contributed by atoms with Crippen LogP contribution in [0.15, 0.2) is 36.4 Å². The minimum Gasteiger partial charge on any atom is -0.462 e. The molecule has 0 fully saturated rings. The van der Waals surface area contributed by atoms with Crippen LogP contribution in [0.5, 0.6) is 11.5 Å². The zero-order chi connectivity index (χ0) is 15.4. The molecular weight excluding hydrogens is 273 g/mol. The van der Waals surface area contributed by atoms with E-state index >= 15 is 0 Å². The van der Waals surface area contributed by atoms with Crippen molar-refractivity contribution in [1.29, 1.82) is 0 Å². The second kappa shape index (κ2) is 6.26. The van der Waals surface area contributed by atoms with Crippen molar-refractivity contribution in [3.8, 4) is 11.5 Å². The van der Waals surface area contributed by atoms with E-state index < -0.39 is 11.8 Å². The topological polar surface area (TPSA) is 61.5 Å². The Morgan fingerprint density at radius 1 is 1.24 bits per heavy atom. The van der Waals surface area contributed by atoms with E-state index in [1.165, 1.54) is 6.07 Å². The average molecular weight is 289 g/mol. The number of anilines is 1. The molecule has 21 heavy (non-hydrogen) atoms. The van der Waals surface area contributed by atoms with E-state index in [4.69, 9.17) is 15.2 Å². The van der Waals surface area contributed by atoms with Gasteiger partial charge in [-0.05, 0) is 26.0 Å². The van der Waals surface area contributed by atoms with Crippen LogP contribution >= 0.6 is 0 Å². The lowest BCUT2D eigenvalue weighted by atomic mass is 10.1. The third-order valence-electron chi connectivity index (χ3n) is 2.85. The monoisotopic (exact) mass is 289 g/mol. The van der Waals surface area contributed by atoms with Crippen molar-refractivity contribution in [2.75, 3.05) is 12.3 Å². The fourth-order valence-corrected chi connectivity index (χ4v) is 1.77. The van der Waals surface area contributed by atoms with Gasteiger partial charge in [0.15, 0.2) is 11.6 Å². The van der Waals surface area contributed by atoms with Crippen LogP contribution in [0.1, 0.15) is 22.8 Å². The van der Waals surface area contributed by atoms with Crippen molar-refractivity contribution in [3.63, 3.8) is 0 Å². The van der Waals surface area contributed by atoms with Crippen molar-refractivity contribution < 1.29 is 18.7 Å². The quantitative estimate of drug-likeness (QED) is 0.689. The minimum atomic E-state index is -0.638. The summed E-state index contributed by atoms with van der Waals surface area (Å²) in [7, 11) is 0. The highest BCUT2D eigenvalue weighted by Crippen LogP contribution is 2.29. The molecule has 0 aliphatic rings. The molecule has 0 amide bonds. The van der Waals surface area contributed by atoms with Gasteiger partial charge >= 0.3 is 5.97 Å². The summed E-state index contributed by atoms with van der Waals surface area (Å²) < 4.78 is 24.2. The van der Waals surface area contributed by atoms with Crippen LogP contribution < -0.4 is 10.5 Å². The van der Waals surface area contributed by atoms with E-state index in [1.54, 1.807) is 19.1 Å². The highest BCUT2D eigenvalue weighted by Gasteiger charge is 2.16. The van der Waals surface area contributed by atoms with Crippen LogP contribution in [0.25, 0.3) is 0 Å². The number of nitrogens with two attached hydrogens (primary N) is 1. The molecule has 0 aliphatic carbocycles. The molecule has 2 rings (SSSR count). The number of hydrogen-bond acceptors (Lipinski definition) is 4. The Morgan fingerprint density at radius 3 is 2.52 bits per heavy atom. The van der Waals surface area contributed by atoms with Gasteiger partial charge in [-0.2, -0.15) is 0 Å². The second-order valence-corrected chi connectivity index (χ2v) is 4.51. The first-order chi connectivity index (χ1) is 10.0. The molecule has 0 saturated carbocycles. The number of carbonyl (C=O) groups is 1. The first kappa shape index (κ1) is 14.8. The maximum absolute atomic E-state index is 13.9. The number of hydrogen-bond donors (Lipinski definition) is 1. The van der Waals surface area contributed by atoms with Gasteiger partial charge in [0.05, 0.1) is 12.2 Å². The van der Waals surface area contributed by atoms with Gasteiger partial charge in [-0.15, -0.1) is 0 Å². The highest BCUT2D eigenvalue weighted by molar-refractivity contribution is 5.95. The van der Waals surface area contributed by atoms with Crippen LogP contribution in [0.4, 0.5) is 10.1 Å². The van der Waals surface area contributed by atoms with Crippen LogP contribution in [-0.2, 0) is 4.74 Å². The standard InChI is InChI=1S/C16H16FNO3/c1-3-20-16(19)12-8-15(13(17)9-14(12)18)21-11-6-4-10(2)5-7-11/h4-9H,3,18H2,1-2H3. The summed E-state index contributed by atoms with van der Waals surface area (Å²) in [4.78, 5) is 11.7. The average Bonchev–Trinajstić information content (AvgIpc) is 2.44. The van der Waals surface area contributed by atoms with E-state index in [9.17, 15) is 9.18 Å². The number of esters is 1. The van der Waals surface area contributed by atoms with Crippen LogP contribution in [0.3, 0.4) is 0 Å². The van der Waals surface area contributed by atoms with E-state index in [0.29, 0.717) is 5.75 Å². The predicted molar refractivity (Wildman–Crippen MR) is 78.0 cm³/mol. The lowest BCUT2D eigenvalue weighted by molar-refractivity contribution is 0.0527. The molecule has 0 aliphatic heterocycles. The van der Waals surface area contributed by atoms with Gasteiger partial charge in [-0.25, -0.2) is 9.18 Å². The summed E-state index contributed by atoms with van der Waals surface area (Å²) in [5.41, 5.74) is 6.80. The second-order valence-electron chi connectivity index (χ2n) is 4.51. The molecule has 2 N–H and O–H groups in total. The Labute approximate surface area is 122 Å². The SMILES string of the molecule is CCOC(=O)c1cc(Oc2ccc(C)cc2)c(F)cc1N. The maximum Gasteiger partial charge on any atom is 0.340 e. The lowest BCUT2D eigenvalue weighted by Crippen LogP contribution is -2.09. The molecule has 0 heterocycles. The fourth-order valence-electron chi connectivity index (χ4n) is 1.77. The summed E-state index contributed by atoms with van der Waals surface area (Å²) >= 11 is 0. The molecule has 2 aromatic rings. The number of aryl methyl sites for hydroxylation is 1. The Kier molecular flexibility index (Phi) is 4.42. The Morgan fingerprint density at radius 2 is 1.90 bits per heavy atom. The first-order valence-corrected chi connectivity index (χ1v) is 6.52. The molecule has 0 unspecified atom stereocenters. The Bertz CT molecular complexity index is 653. The molecule has 0 atom stereocenters. The smallest absolute Gasteiger partial charge is 0.340 e. The maximum atomic E-state index is 13.9. The van der Waals surface area contributed by atoms with Gasteiger partial charge in [-0.1, -0.05) is 17.7 Å². The molecule has 0 bridgehead atoms. The fraction of sp³-hybridized carbons (Fsp3) is 0.188. The van der Waals surface area contributed by atoms with Gasteiger partial charge < -0.3 is 15.2 Å². The van der Waals surface area contributed by atoms with Gasteiger partial charge in [0, 0.05) is 17.8 Å². The predicted octanol–water partition coefficient (Wildman–Crippen LogP) is 3.69. The van der Waals surface area contributed by atoms with Crippen molar-refractivity contribution in [3.05, 3.63) is 53.3 Å². The molecule has 4 nitrogen and oxygen atoms in total. The summed E-state index contributed by atoms with van der Waals surface area (Å²) in [5, 5.41) is 0. The van der Waals surface area contributed by atoms with Crippen LogP contribution in [0, 0.1) is 12.7 Å². The van der Waals surface area contributed by atoms with Crippen molar-refractivity contribution >= 4 is 11.7 Å². The summed E-state index contributed by atoms with van der Waals surface area (Å²) in [6, 6.07) is 9.43. The molecule has 110 valence electrons. The van der Waals surface area contributed by atoms with E-state index in [1.807, 2.05) is 19.1 Å². The Balaban J connectivity index is 2.32. The van der Waals surface area contributed by atoms with Crippen LogP contribution in [-0.4, -0.2) is 12.6 Å². The van der Waals surface area contributed by atoms with E-state index in [2.05, 4.69) is 0 Å². The third-order valence-corrected chi connectivity index (χ3v) is 2.85. The molecule has 2 aromatic carbocycles. The molecule has 0 saturated heterocycles. The van der Waals surface area contributed by atoms with Crippen molar-refractivity contribution in [2.45, 2.75) is 13.8 Å². The first-order valence-electron chi connectivity index (χ1n) is 6.52. The number of carbonyl (C=O) groups excluding carboxylic acids is 1. The van der Waals surface area contributed by atoms with E-state index in [0.717, 1.165) is 11.6 Å². The number of ether oxygens (including phenoxy) is 2. The molecule has 5 heteroatoms. The molecule has 0 spiro atoms. The summed E-state index contributed by atoms with van der Waals surface area (Å²) in [6.07, 6.45) is 0. The lowest BCUT2D eigenvalue weighted by Gasteiger charge is -2.11. The van der Waals surface area contributed by atoms with Crippen LogP contribution in [0.2, 0.25) is 0 Å². The highest BCUT2D eigenvalue weighted by atomic mass is 19.1. The number of nitrogen functional groups attached to an aromatic ring is 1. The minimum absolute atomic E-state index is 0.0159. The number of rotatable bonds is 4. The van der Waals surface area contributed by atoms with Crippen molar-refractivity contribution in [2.24, 2.45) is 0 Å². The summed E-state index contributed by atoms with van der Waals surface area (Å²) in [5.74, 6) is -0.847. The largest absolute Gasteiger partial charge is 0.462 e. The van der Waals surface area contributed by atoms with Gasteiger partial charge in [-0.3, -0.25) is 0 Å². The van der Waals surface area contributed by atoms with Gasteiger partial charge in [0.2, 0.25) is 0 Å². The zero-order valence-electron chi connectivity index (χ0n) is 11.9. The Hall–Kier alpha value is -2.56. The van der Waals surface area contributed by atoms with Crippen molar-refractivity contribution in [1.82, 2.24) is 0 Å². The van der Waals surface area contributed by atoms with E-state index in [-0.39, 0.29) is 23.6 Å². The molecular formula is C16H16FNO3. The summed E-state index contributed by atoms with van der Waals surface area (Å²) in [6.45, 7) is 3.83. The number of halogens is 1. The van der Waals surface area contributed by atoms with Gasteiger partial charge in [0.1, 0.15) is 5.75 Å². The zero-order valence-corrected chi connectivity index (χ0v) is 11.9. The number of benzene rings is 2. The third kappa shape index (κ3) is 3.51. The molecule has 0 radical (unpaired) electrons. The van der Waals surface area contributed by atoms with Gasteiger partial charge in [0.25, 0.3) is 0 Å².